The molecule has 100 valence electrons. The zero-order valence-electron chi connectivity index (χ0n) is 11.0. The first-order chi connectivity index (χ1) is 8.54. The van der Waals surface area contributed by atoms with E-state index in [1.165, 1.54) is 0 Å². The van der Waals surface area contributed by atoms with Gasteiger partial charge in [0.15, 0.2) is 0 Å². The van der Waals surface area contributed by atoms with Crippen molar-refractivity contribution in [3.05, 3.63) is 35.4 Å². The second-order valence-corrected chi connectivity index (χ2v) is 4.80. The largest absolute Gasteiger partial charge is 0.396 e. The Labute approximate surface area is 108 Å². The zero-order valence-corrected chi connectivity index (χ0v) is 11.0. The van der Waals surface area contributed by atoms with Gasteiger partial charge in [-0.15, -0.1) is 0 Å². The lowest BCUT2D eigenvalue weighted by Gasteiger charge is -2.21. The molecule has 0 aliphatic rings. The molecule has 0 saturated heterocycles. The normalized spacial score (nSPS) is 12.7. The van der Waals surface area contributed by atoms with Crippen LogP contribution >= 0.6 is 0 Å². The molecule has 0 spiro atoms. The van der Waals surface area contributed by atoms with E-state index in [0.29, 0.717) is 17.5 Å². The number of aliphatic hydroxyl groups excluding tert-OH is 1. The standard InChI is InChI=1S/C14H22N2O2/c1-10(2)13(7-8-17)16-9-11-3-5-12(6-4-11)14(15)18/h3-6,10,13,16-17H,7-9H2,1-2H3,(H2,15,18). The molecule has 0 aromatic heterocycles. The Bertz CT molecular complexity index is 374. The highest BCUT2D eigenvalue weighted by molar-refractivity contribution is 5.92. The van der Waals surface area contributed by atoms with E-state index in [2.05, 4.69) is 19.2 Å². The third kappa shape index (κ3) is 4.47. The first-order valence-corrected chi connectivity index (χ1v) is 6.27. The average Bonchev–Trinajstić information content (AvgIpc) is 2.34. The predicted molar refractivity (Wildman–Crippen MR) is 72.1 cm³/mol. The van der Waals surface area contributed by atoms with Crippen molar-refractivity contribution in [1.82, 2.24) is 5.32 Å². The molecule has 1 amide bonds. The highest BCUT2D eigenvalue weighted by Gasteiger charge is 2.11. The smallest absolute Gasteiger partial charge is 0.248 e. The molecule has 1 unspecified atom stereocenters. The summed E-state index contributed by atoms with van der Waals surface area (Å²) in [7, 11) is 0. The van der Waals surface area contributed by atoms with Gasteiger partial charge in [-0.2, -0.15) is 0 Å². The summed E-state index contributed by atoms with van der Waals surface area (Å²) in [4.78, 5) is 10.9. The van der Waals surface area contributed by atoms with E-state index < -0.39 is 5.91 Å². The minimum Gasteiger partial charge on any atom is -0.396 e. The fourth-order valence-corrected chi connectivity index (χ4v) is 1.85. The molecule has 0 bridgehead atoms. The van der Waals surface area contributed by atoms with Gasteiger partial charge in [-0.3, -0.25) is 4.79 Å². The molecule has 1 atom stereocenters. The van der Waals surface area contributed by atoms with Gasteiger partial charge in [-0.1, -0.05) is 26.0 Å². The van der Waals surface area contributed by atoms with Crippen LogP contribution in [-0.2, 0) is 6.54 Å². The molecule has 18 heavy (non-hydrogen) atoms. The molecular weight excluding hydrogens is 228 g/mol. The number of primary amides is 1. The molecule has 4 nitrogen and oxygen atoms in total. The van der Waals surface area contributed by atoms with E-state index >= 15 is 0 Å². The number of benzene rings is 1. The van der Waals surface area contributed by atoms with Crippen LogP contribution in [0.2, 0.25) is 0 Å². The molecule has 0 aliphatic carbocycles. The Morgan fingerprint density at radius 2 is 1.94 bits per heavy atom. The van der Waals surface area contributed by atoms with Gasteiger partial charge in [0.1, 0.15) is 0 Å². The number of nitrogens with one attached hydrogen (secondary N) is 1. The number of amides is 1. The number of aliphatic hydroxyl groups is 1. The molecular formula is C14H22N2O2. The highest BCUT2D eigenvalue weighted by Crippen LogP contribution is 2.08. The number of hydrogen-bond donors (Lipinski definition) is 3. The summed E-state index contributed by atoms with van der Waals surface area (Å²) in [5, 5.41) is 12.4. The number of carbonyl (C=O) groups is 1. The SMILES string of the molecule is CC(C)C(CCO)NCc1ccc(C(N)=O)cc1. The fraction of sp³-hybridized carbons (Fsp3) is 0.500. The molecule has 0 saturated carbocycles. The lowest BCUT2D eigenvalue weighted by molar-refractivity contribution is 0.100. The van der Waals surface area contributed by atoms with Crippen molar-refractivity contribution < 1.29 is 9.90 Å². The Kier molecular flexibility index (Phi) is 5.82. The Morgan fingerprint density at radius 3 is 2.39 bits per heavy atom. The van der Waals surface area contributed by atoms with Gasteiger partial charge in [0.05, 0.1) is 0 Å². The van der Waals surface area contributed by atoms with Crippen LogP contribution in [0.5, 0.6) is 0 Å². The van der Waals surface area contributed by atoms with E-state index in [1.54, 1.807) is 12.1 Å². The maximum atomic E-state index is 10.9. The first kappa shape index (κ1) is 14.7. The monoisotopic (exact) mass is 250 g/mol. The van der Waals surface area contributed by atoms with Crippen molar-refractivity contribution in [2.24, 2.45) is 11.7 Å². The van der Waals surface area contributed by atoms with E-state index in [1.807, 2.05) is 12.1 Å². The number of nitrogens with two attached hydrogens (primary N) is 1. The summed E-state index contributed by atoms with van der Waals surface area (Å²) in [5.41, 5.74) is 6.81. The van der Waals surface area contributed by atoms with Gasteiger partial charge in [0, 0.05) is 24.8 Å². The van der Waals surface area contributed by atoms with Crippen molar-refractivity contribution in [3.63, 3.8) is 0 Å². The molecule has 4 heteroatoms. The molecule has 0 heterocycles. The summed E-state index contributed by atoms with van der Waals surface area (Å²) in [6.07, 6.45) is 0.747. The molecule has 0 radical (unpaired) electrons. The van der Waals surface area contributed by atoms with Crippen LogP contribution in [0.3, 0.4) is 0 Å². The van der Waals surface area contributed by atoms with Crippen LogP contribution in [0.4, 0.5) is 0 Å². The second-order valence-electron chi connectivity index (χ2n) is 4.80. The maximum Gasteiger partial charge on any atom is 0.248 e. The van der Waals surface area contributed by atoms with Gasteiger partial charge < -0.3 is 16.2 Å². The van der Waals surface area contributed by atoms with E-state index in [0.717, 1.165) is 18.5 Å². The maximum absolute atomic E-state index is 10.9. The van der Waals surface area contributed by atoms with E-state index in [9.17, 15) is 4.79 Å². The lowest BCUT2D eigenvalue weighted by atomic mass is 10.0. The van der Waals surface area contributed by atoms with Gasteiger partial charge in [-0.05, 0) is 30.0 Å². The topological polar surface area (TPSA) is 75.3 Å². The summed E-state index contributed by atoms with van der Waals surface area (Å²) in [6.45, 7) is 5.17. The van der Waals surface area contributed by atoms with Gasteiger partial charge in [-0.25, -0.2) is 0 Å². The third-order valence-corrected chi connectivity index (χ3v) is 3.05. The Hall–Kier alpha value is -1.39. The molecule has 1 aromatic carbocycles. The van der Waals surface area contributed by atoms with Crippen molar-refractivity contribution in [2.75, 3.05) is 6.61 Å². The minimum absolute atomic E-state index is 0.191. The molecule has 4 N–H and O–H groups in total. The number of hydrogen-bond acceptors (Lipinski definition) is 3. The predicted octanol–water partition coefficient (Wildman–Crippen LogP) is 1.28. The zero-order chi connectivity index (χ0) is 13.5. The number of rotatable bonds is 7. The summed E-state index contributed by atoms with van der Waals surface area (Å²) in [6, 6.07) is 7.55. The van der Waals surface area contributed by atoms with Crippen LogP contribution in [-0.4, -0.2) is 23.7 Å². The van der Waals surface area contributed by atoms with Crippen molar-refractivity contribution >= 4 is 5.91 Å². The summed E-state index contributed by atoms with van der Waals surface area (Å²) in [5.74, 6) is 0.0666. The molecule has 0 fully saturated rings. The molecule has 0 aliphatic heterocycles. The van der Waals surface area contributed by atoms with Gasteiger partial charge >= 0.3 is 0 Å². The van der Waals surface area contributed by atoms with Crippen LogP contribution in [0.15, 0.2) is 24.3 Å². The summed E-state index contributed by atoms with van der Waals surface area (Å²) >= 11 is 0. The summed E-state index contributed by atoms with van der Waals surface area (Å²) < 4.78 is 0. The van der Waals surface area contributed by atoms with Crippen LogP contribution in [0.25, 0.3) is 0 Å². The van der Waals surface area contributed by atoms with Gasteiger partial charge in [0.25, 0.3) is 0 Å². The average molecular weight is 250 g/mol. The van der Waals surface area contributed by atoms with Crippen LogP contribution in [0.1, 0.15) is 36.2 Å². The lowest BCUT2D eigenvalue weighted by Crippen LogP contribution is -2.34. The third-order valence-electron chi connectivity index (χ3n) is 3.05. The highest BCUT2D eigenvalue weighted by atomic mass is 16.3. The minimum atomic E-state index is -0.408. The van der Waals surface area contributed by atoms with Gasteiger partial charge in [0.2, 0.25) is 5.91 Å². The Balaban J connectivity index is 2.54. The quantitative estimate of drug-likeness (QED) is 0.682. The molecule has 1 rings (SSSR count). The fourth-order valence-electron chi connectivity index (χ4n) is 1.85. The Morgan fingerprint density at radius 1 is 1.33 bits per heavy atom. The second kappa shape index (κ2) is 7.13. The van der Waals surface area contributed by atoms with Crippen molar-refractivity contribution in [3.8, 4) is 0 Å². The molecule has 1 aromatic rings. The van der Waals surface area contributed by atoms with Crippen molar-refractivity contribution in [2.45, 2.75) is 32.9 Å². The van der Waals surface area contributed by atoms with Crippen LogP contribution < -0.4 is 11.1 Å². The number of carbonyl (C=O) groups excluding carboxylic acids is 1. The van der Waals surface area contributed by atoms with E-state index in [4.69, 9.17) is 10.8 Å². The van der Waals surface area contributed by atoms with Crippen molar-refractivity contribution in [1.29, 1.82) is 0 Å². The first-order valence-electron chi connectivity index (χ1n) is 6.27. The van der Waals surface area contributed by atoms with Crippen LogP contribution in [0, 0.1) is 5.92 Å². The van der Waals surface area contributed by atoms with E-state index in [-0.39, 0.29) is 6.61 Å².